The highest BCUT2D eigenvalue weighted by atomic mass is 32.2. The molecule has 0 unspecified atom stereocenters. The van der Waals surface area contributed by atoms with Crippen molar-refractivity contribution in [2.24, 2.45) is 5.92 Å². The van der Waals surface area contributed by atoms with Crippen LogP contribution in [0.1, 0.15) is 25.7 Å². The molecule has 1 aliphatic rings. The van der Waals surface area contributed by atoms with Gasteiger partial charge in [-0.15, -0.1) is 11.8 Å². The van der Waals surface area contributed by atoms with Crippen LogP contribution in [0.4, 0.5) is 5.69 Å². The van der Waals surface area contributed by atoms with Crippen molar-refractivity contribution >= 4 is 29.3 Å². The van der Waals surface area contributed by atoms with E-state index in [9.17, 15) is 9.59 Å². The molecular weight excluding hydrogens is 272 g/mol. The lowest BCUT2D eigenvalue weighted by atomic mass is 10.2. The predicted molar refractivity (Wildman–Crippen MR) is 81.8 cm³/mol. The van der Waals surface area contributed by atoms with Gasteiger partial charge in [-0.1, -0.05) is 0 Å². The number of anilines is 1. The van der Waals surface area contributed by atoms with E-state index < -0.39 is 0 Å². The second-order valence-corrected chi connectivity index (χ2v) is 5.83. The molecule has 0 atom stereocenters. The summed E-state index contributed by atoms with van der Waals surface area (Å²) in [5.74, 6) is 0.361. The quantitative estimate of drug-likeness (QED) is 0.600. The molecule has 1 fully saturated rings. The summed E-state index contributed by atoms with van der Waals surface area (Å²) >= 11 is 1.67. The molecule has 2 amide bonds. The maximum atomic E-state index is 11.7. The van der Waals surface area contributed by atoms with Crippen LogP contribution < -0.4 is 10.6 Å². The van der Waals surface area contributed by atoms with Gasteiger partial charge in [-0.05, 0) is 49.8 Å². The van der Waals surface area contributed by atoms with Crippen molar-refractivity contribution < 1.29 is 9.59 Å². The van der Waals surface area contributed by atoms with Crippen molar-refractivity contribution in [2.75, 3.05) is 18.1 Å². The Morgan fingerprint density at radius 1 is 1.25 bits per heavy atom. The number of hydrogen-bond acceptors (Lipinski definition) is 3. The average Bonchev–Trinajstić information content (AvgIpc) is 3.29. The lowest BCUT2D eigenvalue weighted by Crippen LogP contribution is -2.26. The summed E-state index contributed by atoms with van der Waals surface area (Å²) in [5.41, 5.74) is 0.815. The summed E-state index contributed by atoms with van der Waals surface area (Å²) in [6.07, 6.45) is 5.14. The van der Waals surface area contributed by atoms with Gasteiger partial charge in [0.15, 0.2) is 0 Å². The standard InChI is InChI=1S/C15H20N2O2S/c1-20-13-8-6-12(7-9-13)17-14(18)3-2-10-16-15(19)11-4-5-11/h6-9,11H,2-5,10H2,1H3,(H,16,19)(H,17,18). The molecule has 20 heavy (non-hydrogen) atoms. The van der Waals surface area contributed by atoms with Crippen LogP contribution >= 0.6 is 11.8 Å². The van der Waals surface area contributed by atoms with Crippen molar-refractivity contribution in [1.29, 1.82) is 0 Å². The monoisotopic (exact) mass is 292 g/mol. The molecule has 0 heterocycles. The molecular formula is C15H20N2O2S. The summed E-state index contributed by atoms with van der Waals surface area (Å²) in [7, 11) is 0. The van der Waals surface area contributed by atoms with Crippen LogP contribution in [0.25, 0.3) is 0 Å². The number of carbonyl (C=O) groups is 2. The molecule has 1 saturated carbocycles. The highest BCUT2D eigenvalue weighted by Gasteiger charge is 2.28. The van der Waals surface area contributed by atoms with E-state index in [4.69, 9.17) is 0 Å². The minimum atomic E-state index is -0.0115. The van der Waals surface area contributed by atoms with Crippen LogP contribution in [0, 0.1) is 5.92 Å². The number of carbonyl (C=O) groups excluding carboxylic acids is 2. The van der Waals surface area contributed by atoms with Crippen LogP contribution in [0.2, 0.25) is 0 Å². The summed E-state index contributed by atoms with van der Waals surface area (Å²) in [4.78, 5) is 24.3. The van der Waals surface area contributed by atoms with E-state index in [-0.39, 0.29) is 17.7 Å². The maximum absolute atomic E-state index is 11.7. The van der Waals surface area contributed by atoms with Gasteiger partial charge in [0.05, 0.1) is 0 Å². The second kappa shape index (κ2) is 7.33. The normalized spacial score (nSPS) is 13.8. The molecule has 0 spiro atoms. The molecule has 0 radical (unpaired) electrons. The molecule has 1 aromatic rings. The lowest BCUT2D eigenvalue weighted by Gasteiger charge is -2.06. The maximum Gasteiger partial charge on any atom is 0.224 e. The summed E-state index contributed by atoms with van der Waals surface area (Å²) < 4.78 is 0. The van der Waals surface area contributed by atoms with Gasteiger partial charge in [0.2, 0.25) is 11.8 Å². The minimum Gasteiger partial charge on any atom is -0.356 e. The summed E-state index contributed by atoms with van der Waals surface area (Å²) in [5, 5.41) is 5.71. The lowest BCUT2D eigenvalue weighted by molar-refractivity contribution is -0.122. The molecule has 0 aliphatic heterocycles. The third-order valence-corrected chi connectivity index (χ3v) is 3.95. The number of rotatable bonds is 7. The van der Waals surface area contributed by atoms with Crippen molar-refractivity contribution in [3.8, 4) is 0 Å². The molecule has 5 heteroatoms. The van der Waals surface area contributed by atoms with Crippen LogP contribution in [-0.2, 0) is 9.59 Å². The van der Waals surface area contributed by atoms with Gasteiger partial charge < -0.3 is 10.6 Å². The van der Waals surface area contributed by atoms with Gasteiger partial charge in [-0.2, -0.15) is 0 Å². The van der Waals surface area contributed by atoms with E-state index in [1.54, 1.807) is 11.8 Å². The van der Waals surface area contributed by atoms with Gasteiger partial charge in [-0.25, -0.2) is 0 Å². The van der Waals surface area contributed by atoms with E-state index in [0.717, 1.165) is 18.5 Å². The molecule has 0 saturated heterocycles. The molecule has 4 nitrogen and oxygen atoms in total. The van der Waals surface area contributed by atoms with Gasteiger partial charge >= 0.3 is 0 Å². The van der Waals surface area contributed by atoms with E-state index in [2.05, 4.69) is 10.6 Å². The van der Waals surface area contributed by atoms with Crippen molar-refractivity contribution in [1.82, 2.24) is 5.32 Å². The molecule has 1 aromatic carbocycles. The number of nitrogens with one attached hydrogen (secondary N) is 2. The first-order valence-electron chi connectivity index (χ1n) is 6.90. The first-order chi connectivity index (χ1) is 9.69. The van der Waals surface area contributed by atoms with Crippen LogP contribution in [0.15, 0.2) is 29.2 Å². The Morgan fingerprint density at radius 3 is 2.55 bits per heavy atom. The smallest absolute Gasteiger partial charge is 0.224 e. The zero-order valence-corrected chi connectivity index (χ0v) is 12.5. The highest BCUT2D eigenvalue weighted by molar-refractivity contribution is 7.98. The molecule has 1 aliphatic carbocycles. The Labute approximate surface area is 123 Å². The third-order valence-electron chi connectivity index (χ3n) is 3.20. The largest absolute Gasteiger partial charge is 0.356 e. The van der Waals surface area contributed by atoms with Crippen molar-refractivity contribution in [3.63, 3.8) is 0 Å². The number of amides is 2. The Bertz CT molecular complexity index is 469. The van der Waals surface area contributed by atoms with Gasteiger partial charge in [0, 0.05) is 29.5 Å². The van der Waals surface area contributed by atoms with Crippen molar-refractivity contribution in [3.05, 3.63) is 24.3 Å². The van der Waals surface area contributed by atoms with Crippen LogP contribution in [0.5, 0.6) is 0 Å². The molecule has 0 aromatic heterocycles. The number of benzene rings is 1. The first kappa shape index (κ1) is 14.9. The predicted octanol–water partition coefficient (Wildman–Crippen LogP) is 2.65. The molecule has 0 bridgehead atoms. The van der Waals surface area contributed by atoms with Gasteiger partial charge in [0.1, 0.15) is 0 Å². The zero-order chi connectivity index (χ0) is 14.4. The highest BCUT2D eigenvalue weighted by Crippen LogP contribution is 2.28. The van der Waals surface area contributed by atoms with E-state index in [1.165, 1.54) is 4.90 Å². The SMILES string of the molecule is CSc1ccc(NC(=O)CCCNC(=O)C2CC2)cc1. The Hall–Kier alpha value is -1.49. The van der Waals surface area contributed by atoms with Crippen LogP contribution in [-0.4, -0.2) is 24.6 Å². The fourth-order valence-electron chi connectivity index (χ4n) is 1.85. The average molecular weight is 292 g/mol. The topological polar surface area (TPSA) is 58.2 Å². The van der Waals surface area contributed by atoms with E-state index >= 15 is 0 Å². The van der Waals surface area contributed by atoms with Crippen LogP contribution in [0.3, 0.4) is 0 Å². The van der Waals surface area contributed by atoms with E-state index in [0.29, 0.717) is 19.4 Å². The minimum absolute atomic E-state index is 0.0115. The first-order valence-corrected chi connectivity index (χ1v) is 8.13. The number of thioether (sulfide) groups is 1. The Balaban J connectivity index is 1.62. The third kappa shape index (κ3) is 4.89. The summed E-state index contributed by atoms with van der Waals surface area (Å²) in [6.45, 7) is 0.578. The van der Waals surface area contributed by atoms with Gasteiger partial charge in [-0.3, -0.25) is 9.59 Å². The molecule has 108 valence electrons. The van der Waals surface area contributed by atoms with Crippen molar-refractivity contribution in [2.45, 2.75) is 30.6 Å². The second-order valence-electron chi connectivity index (χ2n) is 4.95. The zero-order valence-electron chi connectivity index (χ0n) is 11.6. The fraction of sp³-hybridized carbons (Fsp3) is 0.467. The Kier molecular flexibility index (Phi) is 5.47. The fourth-order valence-corrected chi connectivity index (χ4v) is 2.26. The van der Waals surface area contributed by atoms with E-state index in [1.807, 2.05) is 30.5 Å². The summed E-state index contributed by atoms with van der Waals surface area (Å²) in [6, 6.07) is 7.77. The molecule has 2 rings (SSSR count). The Morgan fingerprint density at radius 2 is 1.95 bits per heavy atom. The molecule has 2 N–H and O–H groups in total. The number of hydrogen-bond donors (Lipinski definition) is 2. The van der Waals surface area contributed by atoms with Gasteiger partial charge in [0.25, 0.3) is 0 Å².